The lowest BCUT2D eigenvalue weighted by atomic mass is 9.83. The second-order valence-electron chi connectivity index (χ2n) is 8.73. The Morgan fingerprint density at radius 1 is 0.475 bits per heavy atom. The van der Waals surface area contributed by atoms with Crippen LogP contribution in [0.25, 0.3) is 32.7 Å². The van der Waals surface area contributed by atoms with Crippen molar-refractivity contribution in [2.75, 3.05) is 0 Å². The summed E-state index contributed by atoms with van der Waals surface area (Å²) in [4.78, 5) is 23.8. The second-order valence-corrected chi connectivity index (χ2v) is 8.73. The topological polar surface area (TPSA) is 74.6 Å². The third-order valence-corrected chi connectivity index (χ3v) is 6.81. The Hall–Kier alpha value is -3.66. The minimum Gasteiger partial charge on any atom is -0.507 e. The van der Waals surface area contributed by atoms with Crippen molar-refractivity contribution in [3.63, 3.8) is 0 Å². The number of rotatable bonds is 3. The first-order chi connectivity index (χ1) is 19.1. The van der Waals surface area contributed by atoms with Crippen LogP contribution in [-0.4, -0.2) is 22.8 Å². The van der Waals surface area contributed by atoms with Gasteiger partial charge in [0.1, 0.15) is 11.5 Å². The fraction of sp³-hybridized carbons (Fsp3) is 0.389. The molecule has 0 aliphatic heterocycles. The summed E-state index contributed by atoms with van der Waals surface area (Å²) in [7, 11) is 0. The van der Waals surface area contributed by atoms with E-state index in [0.29, 0.717) is 23.7 Å². The molecule has 218 valence electrons. The summed E-state index contributed by atoms with van der Waals surface area (Å²) in [6.07, 6.45) is 1.25. The van der Waals surface area contributed by atoms with Gasteiger partial charge >= 0.3 is 0 Å². The van der Waals surface area contributed by atoms with Crippen LogP contribution < -0.4 is 0 Å². The average Bonchev–Trinajstić information content (AvgIpc) is 2.98. The van der Waals surface area contributed by atoms with E-state index in [2.05, 4.69) is 0 Å². The van der Waals surface area contributed by atoms with Crippen LogP contribution in [0.4, 0.5) is 0 Å². The van der Waals surface area contributed by atoms with E-state index in [9.17, 15) is 19.8 Å². The number of fused-ring (bicyclic) bond motifs is 2. The zero-order valence-corrected chi connectivity index (χ0v) is 27.2. The molecule has 0 radical (unpaired) electrons. The third kappa shape index (κ3) is 6.55. The molecule has 0 saturated carbocycles. The van der Waals surface area contributed by atoms with Crippen LogP contribution in [0, 0.1) is 41.5 Å². The smallest absolute Gasteiger partial charge is 0.153 e. The molecule has 0 amide bonds. The quantitative estimate of drug-likeness (QED) is 0.251. The zero-order chi connectivity index (χ0) is 31.5. The SMILES string of the molecule is CC.CC.CC.CC.Cc1cc(C)c2c(-c3c(O)c(C=O)cc4c(C)c(C)cc(C)c34)c(O)c(C=O)cc2c1C. The monoisotopic (exact) mass is 546 g/mol. The van der Waals surface area contributed by atoms with E-state index in [4.69, 9.17) is 0 Å². The number of hydrogen-bond acceptors (Lipinski definition) is 4. The van der Waals surface area contributed by atoms with Gasteiger partial charge in [-0.05, 0) is 109 Å². The molecule has 0 unspecified atom stereocenters. The molecule has 0 spiro atoms. The predicted octanol–water partition coefficient (Wildman–Crippen LogP) is 10.7. The van der Waals surface area contributed by atoms with E-state index >= 15 is 0 Å². The maximum absolute atomic E-state index is 11.9. The minimum atomic E-state index is -0.198. The first-order valence-electron chi connectivity index (χ1n) is 14.6. The van der Waals surface area contributed by atoms with Crippen LogP contribution >= 0.6 is 0 Å². The highest BCUT2D eigenvalue weighted by Gasteiger charge is 2.25. The maximum atomic E-state index is 11.9. The highest BCUT2D eigenvalue weighted by atomic mass is 16.3. The minimum absolute atomic E-state index is 0.145. The van der Waals surface area contributed by atoms with E-state index < -0.39 is 0 Å². The number of hydrogen-bond donors (Lipinski definition) is 2. The number of phenols is 2. The number of carbonyl (C=O) groups is 2. The Morgan fingerprint density at radius 2 is 0.750 bits per heavy atom. The standard InChI is InChI=1S/C28H26O4.4C2H6/c1-13-7-15(3)23-21(17(13)5)9-19(11-29)27(31)25(23)26-24-16(4)8-14(2)18(6)22(24)10-20(12-30)28(26)32;4*1-2/h7-12,31-32H,1-6H3;4*1-2H3. The second kappa shape index (κ2) is 16.4. The van der Waals surface area contributed by atoms with Crippen molar-refractivity contribution < 1.29 is 19.8 Å². The van der Waals surface area contributed by atoms with Crippen LogP contribution in [0.1, 0.15) is 109 Å². The summed E-state index contributed by atoms with van der Waals surface area (Å²) >= 11 is 0. The van der Waals surface area contributed by atoms with E-state index in [1.807, 2.05) is 109 Å². The molecule has 0 aliphatic carbocycles. The fourth-order valence-corrected chi connectivity index (χ4v) is 4.90. The fourth-order valence-electron chi connectivity index (χ4n) is 4.90. The number of benzene rings is 4. The zero-order valence-electron chi connectivity index (χ0n) is 27.2. The van der Waals surface area contributed by atoms with Crippen molar-refractivity contribution >= 4 is 34.1 Å². The summed E-state index contributed by atoms with van der Waals surface area (Å²) in [6.45, 7) is 27.9. The van der Waals surface area contributed by atoms with Gasteiger partial charge < -0.3 is 10.2 Å². The van der Waals surface area contributed by atoms with Gasteiger partial charge in [-0.2, -0.15) is 0 Å². The Morgan fingerprint density at radius 3 is 1.00 bits per heavy atom. The van der Waals surface area contributed by atoms with Crippen molar-refractivity contribution in [2.45, 2.75) is 96.9 Å². The van der Waals surface area contributed by atoms with E-state index in [-0.39, 0.29) is 22.6 Å². The van der Waals surface area contributed by atoms with Crippen LogP contribution in [0.3, 0.4) is 0 Å². The molecule has 2 N–H and O–H groups in total. The first-order valence-corrected chi connectivity index (χ1v) is 14.6. The van der Waals surface area contributed by atoms with Crippen LogP contribution in [0.2, 0.25) is 0 Å². The summed E-state index contributed by atoms with van der Waals surface area (Å²) < 4.78 is 0. The van der Waals surface area contributed by atoms with Gasteiger partial charge in [0.25, 0.3) is 0 Å². The molecule has 40 heavy (non-hydrogen) atoms. The molecule has 0 aliphatic rings. The van der Waals surface area contributed by atoms with E-state index in [1.165, 1.54) is 0 Å². The van der Waals surface area contributed by atoms with Gasteiger partial charge in [-0.1, -0.05) is 67.5 Å². The average molecular weight is 547 g/mol. The molecule has 0 bridgehead atoms. The lowest BCUT2D eigenvalue weighted by molar-refractivity contribution is 0.111. The number of aldehydes is 2. The summed E-state index contributed by atoms with van der Waals surface area (Å²) in [6, 6.07) is 7.46. The Bertz CT molecular complexity index is 1360. The highest BCUT2D eigenvalue weighted by Crippen LogP contribution is 2.49. The predicted molar refractivity (Wildman–Crippen MR) is 175 cm³/mol. The summed E-state index contributed by atoms with van der Waals surface area (Å²) in [5.41, 5.74) is 7.00. The molecule has 4 nitrogen and oxygen atoms in total. The molecule has 0 heterocycles. The van der Waals surface area contributed by atoms with Gasteiger partial charge in [0.2, 0.25) is 0 Å². The summed E-state index contributed by atoms with van der Waals surface area (Å²) in [5.74, 6) is -0.396. The molecular formula is C36H50O4. The Kier molecular flexibility index (Phi) is 14.9. The molecule has 4 aromatic rings. The van der Waals surface area contributed by atoms with Crippen LogP contribution in [-0.2, 0) is 0 Å². The van der Waals surface area contributed by atoms with Gasteiger partial charge in [0.15, 0.2) is 12.6 Å². The Labute approximate surface area is 242 Å². The van der Waals surface area contributed by atoms with Crippen molar-refractivity contribution in [1.82, 2.24) is 0 Å². The van der Waals surface area contributed by atoms with E-state index in [0.717, 1.165) is 54.9 Å². The van der Waals surface area contributed by atoms with Gasteiger partial charge in [0, 0.05) is 11.1 Å². The number of carbonyl (C=O) groups excluding carboxylic acids is 2. The highest BCUT2D eigenvalue weighted by molar-refractivity contribution is 6.16. The number of phenolic OH excluding ortho intramolecular Hbond substituents is 2. The van der Waals surface area contributed by atoms with Crippen molar-refractivity contribution in [3.05, 3.63) is 68.8 Å². The van der Waals surface area contributed by atoms with Crippen molar-refractivity contribution in [1.29, 1.82) is 0 Å². The molecular weight excluding hydrogens is 496 g/mol. The van der Waals surface area contributed by atoms with Gasteiger partial charge in [-0.3, -0.25) is 9.59 Å². The lowest BCUT2D eigenvalue weighted by Gasteiger charge is -2.21. The van der Waals surface area contributed by atoms with E-state index in [1.54, 1.807) is 12.1 Å². The van der Waals surface area contributed by atoms with Crippen LogP contribution in [0.15, 0.2) is 24.3 Å². The molecule has 0 fully saturated rings. The van der Waals surface area contributed by atoms with Gasteiger partial charge in [0.05, 0.1) is 11.1 Å². The normalized spacial score (nSPS) is 9.65. The molecule has 4 heteroatoms. The van der Waals surface area contributed by atoms with Crippen molar-refractivity contribution in [3.8, 4) is 22.6 Å². The largest absolute Gasteiger partial charge is 0.507 e. The molecule has 4 rings (SSSR count). The molecule has 0 saturated heterocycles. The van der Waals surface area contributed by atoms with Crippen LogP contribution in [0.5, 0.6) is 11.5 Å². The lowest BCUT2D eigenvalue weighted by Crippen LogP contribution is -1.99. The van der Waals surface area contributed by atoms with Gasteiger partial charge in [-0.15, -0.1) is 0 Å². The van der Waals surface area contributed by atoms with Gasteiger partial charge in [-0.25, -0.2) is 0 Å². The molecule has 0 atom stereocenters. The first kappa shape index (κ1) is 36.3. The Balaban J connectivity index is 0.00000175. The number of aromatic hydroxyl groups is 2. The van der Waals surface area contributed by atoms with Crippen molar-refractivity contribution in [2.24, 2.45) is 0 Å². The third-order valence-electron chi connectivity index (χ3n) is 6.81. The number of aryl methyl sites for hydroxylation is 6. The molecule has 4 aromatic carbocycles. The maximum Gasteiger partial charge on any atom is 0.153 e. The summed E-state index contributed by atoms with van der Waals surface area (Å²) in [5, 5.41) is 25.7. The molecule has 0 aromatic heterocycles.